The molecule has 0 bridgehead atoms. The summed E-state index contributed by atoms with van der Waals surface area (Å²) in [6.45, 7) is 3.70. The van der Waals surface area contributed by atoms with Gasteiger partial charge in [0.25, 0.3) is 0 Å². The Labute approximate surface area is 90.3 Å². The molecule has 0 fully saturated rings. The van der Waals surface area contributed by atoms with Crippen molar-refractivity contribution in [2.75, 3.05) is 20.2 Å². The number of nitrogens with zero attached hydrogens (tertiary/aromatic N) is 1. The van der Waals surface area contributed by atoms with Crippen molar-refractivity contribution in [1.29, 1.82) is 0 Å². The van der Waals surface area contributed by atoms with E-state index in [2.05, 4.69) is 4.90 Å². The minimum absolute atomic E-state index is 0.188. The fourth-order valence-corrected chi connectivity index (χ4v) is 1.60. The molecule has 15 heavy (non-hydrogen) atoms. The molecule has 0 aliphatic carbocycles. The molecule has 0 radical (unpaired) electrons. The summed E-state index contributed by atoms with van der Waals surface area (Å²) < 4.78 is 12.9. The smallest absolute Gasteiger partial charge is 0.123 e. The lowest BCUT2D eigenvalue weighted by Gasteiger charge is -2.19. The lowest BCUT2D eigenvalue weighted by atomic mass is 10.1. The Balaban J connectivity index is 2.47. The second-order valence-corrected chi connectivity index (χ2v) is 4.11. The second-order valence-electron chi connectivity index (χ2n) is 4.11. The first-order valence-corrected chi connectivity index (χ1v) is 5.15. The van der Waals surface area contributed by atoms with Gasteiger partial charge in [0.1, 0.15) is 5.82 Å². The van der Waals surface area contributed by atoms with Gasteiger partial charge in [0.2, 0.25) is 0 Å². The summed E-state index contributed by atoms with van der Waals surface area (Å²) in [5.41, 5.74) is 0.961. The van der Waals surface area contributed by atoms with E-state index in [0.29, 0.717) is 6.54 Å². The maximum atomic E-state index is 12.9. The van der Waals surface area contributed by atoms with E-state index in [1.165, 1.54) is 6.07 Å². The molecule has 0 aliphatic heterocycles. The highest BCUT2D eigenvalue weighted by molar-refractivity contribution is 5.15. The number of rotatable bonds is 5. The van der Waals surface area contributed by atoms with Gasteiger partial charge in [-0.25, -0.2) is 4.39 Å². The van der Waals surface area contributed by atoms with Gasteiger partial charge in [-0.05, 0) is 30.7 Å². The third-order valence-electron chi connectivity index (χ3n) is 2.28. The molecule has 1 N–H and O–H groups in total. The molecule has 0 aliphatic rings. The molecule has 0 aromatic heterocycles. The van der Waals surface area contributed by atoms with Gasteiger partial charge in [0.15, 0.2) is 0 Å². The van der Waals surface area contributed by atoms with E-state index in [1.54, 1.807) is 12.1 Å². The van der Waals surface area contributed by atoms with Crippen molar-refractivity contribution in [3.63, 3.8) is 0 Å². The molecule has 1 aromatic rings. The first-order chi connectivity index (χ1) is 7.11. The molecule has 1 aromatic carbocycles. The summed E-state index contributed by atoms with van der Waals surface area (Å²) in [4.78, 5) is 2.08. The highest BCUT2D eigenvalue weighted by Crippen LogP contribution is 2.07. The molecule has 0 saturated heterocycles. The van der Waals surface area contributed by atoms with Gasteiger partial charge < -0.3 is 10.0 Å². The van der Waals surface area contributed by atoms with Gasteiger partial charge in [0.05, 0.1) is 0 Å². The van der Waals surface area contributed by atoms with Crippen LogP contribution >= 0.6 is 0 Å². The number of aliphatic hydroxyl groups is 1. The fraction of sp³-hybridized carbons (Fsp3) is 0.500. The second kappa shape index (κ2) is 5.83. The van der Waals surface area contributed by atoms with Crippen LogP contribution in [0.1, 0.15) is 12.5 Å². The molecule has 0 amide bonds. The van der Waals surface area contributed by atoms with Crippen LogP contribution in [0.25, 0.3) is 0 Å². The van der Waals surface area contributed by atoms with E-state index < -0.39 is 0 Å². The highest BCUT2D eigenvalue weighted by atomic mass is 19.1. The maximum absolute atomic E-state index is 12.9. The zero-order chi connectivity index (χ0) is 11.3. The van der Waals surface area contributed by atoms with Crippen molar-refractivity contribution in [2.45, 2.75) is 13.5 Å². The molecule has 1 atom stereocenters. The van der Waals surface area contributed by atoms with E-state index in [-0.39, 0.29) is 18.3 Å². The van der Waals surface area contributed by atoms with Gasteiger partial charge in [-0.15, -0.1) is 0 Å². The SMILES string of the molecule is CC(CO)CN(C)Cc1cccc(F)c1. The monoisotopic (exact) mass is 211 g/mol. The van der Waals surface area contributed by atoms with E-state index in [4.69, 9.17) is 5.11 Å². The lowest BCUT2D eigenvalue weighted by Crippen LogP contribution is -2.25. The summed E-state index contributed by atoms with van der Waals surface area (Å²) in [5, 5.41) is 8.91. The normalized spacial score (nSPS) is 13.1. The Bertz CT molecular complexity index is 303. The Morgan fingerprint density at radius 3 is 2.80 bits per heavy atom. The number of hydrogen-bond donors (Lipinski definition) is 1. The molecule has 1 unspecified atom stereocenters. The Kier molecular flexibility index (Phi) is 4.72. The quantitative estimate of drug-likeness (QED) is 0.804. The largest absolute Gasteiger partial charge is 0.396 e. The van der Waals surface area contributed by atoms with Crippen molar-refractivity contribution in [3.05, 3.63) is 35.6 Å². The van der Waals surface area contributed by atoms with Crippen molar-refractivity contribution in [3.8, 4) is 0 Å². The van der Waals surface area contributed by atoms with E-state index in [9.17, 15) is 4.39 Å². The molecule has 0 spiro atoms. The van der Waals surface area contributed by atoms with E-state index in [0.717, 1.165) is 12.1 Å². The summed E-state index contributed by atoms with van der Waals surface area (Å²) in [6, 6.07) is 6.61. The predicted octanol–water partition coefficient (Wildman–Crippen LogP) is 1.89. The van der Waals surface area contributed by atoms with Crippen LogP contribution in [0, 0.1) is 11.7 Å². The maximum Gasteiger partial charge on any atom is 0.123 e. The molecular weight excluding hydrogens is 193 g/mol. The number of aliphatic hydroxyl groups excluding tert-OH is 1. The Morgan fingerprint density at radius 2 is 2.20 bits per heavy atom. The highest BCUT2D eigenvalue weighted by Gasteiger charge is 2.06. The van der Waals surface area contributed by atoms with Gasteiger partial charge in [-0.2, -0.15) is 0 Å². The van der Waals surface area contributed by atoms with Crippen LogP contribution in [-0.2, 0) is 6.54 Å². The van der Waals surface area contributed by atoms with Crippen LogP contribution in [0.3, 0.4) is 0 Å². The van der Waals surface area contributed by atoms with Crippen LogP contribution in [0.4, 0.5) is 4.39 Å². The first-order valence-electron chi connectivity index (χ1n) is 5.15. The number of halogens is 1. The van der Waals surface area contributed by atoms with Gasteiger partial charge >= 0.3 is 0 Å². The molecule has 1 rings (SSSR count). The fourth-order valence-electron chi connectivity index (χ4n) is 1.60. The minimum Gasteiger partial charge on any atom is -0.396 e. The summed E-state index contributed by atoms with van der Waals surface area (Å²) in [7, 11) is 1.97. The van der Waals surface area contributed by atoms with Gasteiger partial charge in [0, 0.05) is 19.7 Å². The lowest BCUT2D eigenvalue weighted by molar-refractivity contribution is 0.187. The standard InChI is InChI=1S/C12H18FNO/c1-10(9-15)7-14(2)8-11-4-3-5-12(13)6-11/h3-6,10,15H,7-9H2,1-2H3. The Morgan fingerprint density at radius 1 is 1.47 bits per heavy atom. The summed E-state index contributed by atoms with van der Waals surface area (Å²) >= 11 is 0. The minimum atomic E-state index is -0.198. The molecule has 2 nitrogen and oxygen atoms in total. The molecule has 3 heteroatoms. The first kappa shape index (κ1) is 12.1. The summed E-state index contributed by atoms with van der Waals surface area (Å²) in [5.74, 6) is 0.0552. The van der Waals surface area contributed by atoms with Crippen LogP contribution in [0.2, 0.25) is 0 Å². The summed E-state index contributed by atoms with van der Waals surface area (Å²) in [6.07, 6.45) is 0. The molecule has 84 valence electrons. The van der Waals surface area contributed by atoms with Gasteiger partial charge in [-0.3, -0.25) is 0 Å². The van der Waals surface area contributed by atoms with E-state index in [1.807, 2.05) is 20.0 Å². The average Bonchev–Trinajstić information content (AvgIpc) is 2.17. The molecular formula is C12H18FNO. The van der Waals surface area contributed by atoms with Gasteiger partial charge in [-0.1, -0.05) is 19.1 Å². The number of hydrogen-bond acceptors (Lipinski definition) is 2. The van der Waals surface area contributed by atoms with Crippen molar-refractivity contribution >= 4 is 0 Å². The predicted molar refractivity (Wildman–Crippen MR) is 59.0 cm³/mol. The van der Waals surface area contributed by atoms with Crippen molar-refractivity contribution in [1.82, 2.24) is 4.90 Å². The Hall–Kier alpha value is -0.930. The third-order valence-corrected chi connectivity index (χ3v) is 2.28. The van der Waals surface area contributed by atoms with E-state index >= 15 is 0 Å². The topological polar surface area (TPSA) is 23.5 Å². The van der Waals surface area contributed by atoms with Crippen LogP contribution in [0.15, 0.2) is 24.3 Å². The van der Waals surface area contributed by atoms with Crippen LogP contribution in [0.5, 0.6) is 0 Å². The zero-order valence-corrected chi connectivity index (χ0v) is 9.28. The van der Waals surface area contributed by atoms with Crippen molar-refractivity contribution < 1.29 is 9.50 Å². The average molecular weight is 211 g/mol. The zero-order valence-electron chi connectivity index (χ0n) is 9.28. The van der Waals surface area contributed by atoms with Crippen LogP contribution in [-0.4, -0.2) is 30.2 Å². The van der Waals surface area contributed by atoms with Crippen LogP contribution < -0.4 is 0 Å². The molecule has 0 saturated carbocycles. The number of benzene rings is 1. The third kappa shape index (κ3) is 4.40. The molecule has 0 heterocycles. The van der Waals surface area contributed by atoms with Crippen molar-refractivity contribution in [2.24, 2.45) is 5.92 Å².